The first kappa shape index (κ1) is 12.1. The largest absolute Gasteiger partial charge is 0.493 e. The van der Waals surface area contributed by atoms with Gasteiger partial charge in [0.15, 0.2) is 11.5 Å². The fourth-order valence-electron chi connectivity index (χ4n) is 1.53. The summed E-state index contributed by atoms with van der Waals surface area (Å²) in [7, 11) is 4.27. The van der Waals surface area contributed by atoms with Gasteiger partial charge in [0.25, 0.3) is 0 Å². The van der Waals surface area contributed by atoms with Crippen LogP contribution in [0, 0.1) is 17.0 Å². The van der Waals surface area contributed by atoms with E-state index in [-0.39, 0.29) is 11.4 Å². The molecule has 0 aromatic heterocycles. The average molecular weight is 227 g/mol. The van der Waals surface area contributed by atoms with E-state index in [1.807, 2.05) is 0 Å². The van der Waals surface area contributed by atoms with Crippen molar-refractivity contribution in [3.8, 4) is 17.2 Å². The zero-order valence-corrected chi connectivity index (χ0v) is 9.57. The summed E-state index contributed by atoms with van der Waals surface area (Å²) in [6, 6.07) is 1.28. The topological polar surface area (TPSA) is 70.8 Å². The van der Waals surface area contributed by atoms with Crippen LogP contribution < -0.4 is 14.2 Å². The molecule has 0 fully saturated rings. The highest BCUT2D eigenvalue weighted by molar-refractivity contribution is 5.63. The van der Waals surface area contributed by atoms with Crippen molar-refractivity contribution in [1.82, 2.24) is 0 Å². The minimum atomic E-state index is -0.520. The van der Waals surface area contributed by atoms with Gasteiger partial charge in [-0.15, -0.1) is 0 Å². The summed E-state index contributed by atoms with van der Waals surface area (Å²) >= 11 is 0. The second kappa shape index (κ2) is 4.69. The monoisotopic (exact) mass is 227 g/mol. The van der Waals surface area contributed by atoms with Gasteiger partial charge in [-0.2, -0.15) is 0 Å². The Labute approximate surface area is 92.9 Å². The zero-order valence-electron chi connectivity index (χ0n) is 9.57. The van der Waals surface area contributed by atoms with E-state index in [0.29, 0.717) is 17.1 Å². The standard InChI is InChI=1S/C10H13NO5/c1-6-9(15-3)7(11(12)13)5-8(14-2)10(6)16-4/h5H,1-4H3. The van der Waals surface area contributed by atoms with Crippen molar-refractivity contribution in [2.24, 2.45) is 0 Å². The Morgan fingerprint density at radius 1 is 1.12 bits per heavy atom. The van der Waals surface area contributed by atoms with E-state index < -0.39 is 4.92 Å². The Kier molecular flexibility index (Phi) is 3.55. The Bertz CT molecular complexity index is 416. The molecular formula is C10H13NO5. The third-order valence-corrected chi connectivity index (χ3v) is 2.23. The van der Waals surface area contributed by atoms with Crippen LogP contribution in [0.2, 0.25) is 0 Å². The molecule has 0 aliphatic rings. The maximum absolute atomic E-state index is 10.8. The fraction of sp³-hybridized carbons (Fsp3) is 0.400. The van der Waals surface area contributed by atoms with Gasteiger partial charge in [0.2, 0.25) is 5.75 Å². The van der Waals surface area contributed by atoms with Gasteiger partial charge in [0.05, 0.1) is 32.3 Å². The number of hydrogen-bond donors (Lipinski definition) is 0. The third-order valence-electron chi connectivity index (χ3n) is 2.23. The van der Waals surface area contributed by atoms with Crippen LogP contribution in [0.1, 0.15) is 5.56 Å². The molecular weight excluding hydrogens is 214 g/mol. The number of methoxy groups -OCH3 is 3. The number of rotatable bonds is 4. The van der Waals surface area contributed by atoms with Crippen molar-refractivity contribution < 1.29 is 19.1 Å². The Hall–Kier alpha value is -1.98. The zero-order chi connectivity index (χ0) is 12.3. The first-order chi connectivity index (χ1) is 7.56. The van der Waals surface area contributed by atoms with E-state index in [0.717, 1.165) is 0 Å². The van der Waals surface area contributed by atoms with Gasteiger partial charge in [0.1, 0.15) is 0 Å². The minimum Gasteiger partial charge on any atom is -0.493 e. The molecule has 0 aliphatic carbocycles. The quantitative estimate of drug-likeness (QED) is 0.580. The molecule has 0 saturated heterocycles. The second-order valence-corrected chi connectivity index (χ2v) is 3.05. The van der Waals surface area contributed by atoms with Crippen molar-refractivity contribution >= 4 is 5.69 Å². The highest BCUT2D eigenvalue weighted by Gasteiger charge is 2.24. The van der Waals surface area contributed by atoms with Crippen LogP contribution in [0.3, 0.4) is 0 Å². The van der Waals surface area contributed by atoms with Crippen molar-refractivity contribution in [2.75, 3.05) is 21.3 Å². The SMILES string of the molecule is COc1cc([N+](=O)[O-])c(OC)c(C)c1OC. The summed E-state index contributed by atoms with van der Waals surface area (Å²) in [6.45, 7) is 1.67. The minimum absolute atomic E-state index is 0.141. The van der Waals surface area contributed by atoms with Crippen molar-refractivity contribution in [1.29, 1.82) is 0 Å². The summed E-state index contributed by atoms with van der Waals surface area (Å²) in [5, 5.41) is 10.8. The predicted molar refractivity (Wildman–Crippen MR) is 57.5 cm³/mol. The molecule has 0 heterocycles. The van der Waals surface area contributed by atoms with Crippen molar-refractivity contribution in [2.45, 2.75) is 6.92 Å². The van der Waals surface area contributed by atoms with Crippen LogP contribution in [-0.4, -0.2) is 26.3 Å². The molecule has 6 nitrogen and oxygen atoms in total. The Morgan fingerprint density at radius 2 is 1.69 bits per heavy atom. The molecule has 16 heavy (non-hydrogen) atoms. The van der Waals surface area contributed by atoms with Gasteiger partial charge in [-0.1, -0.05) is 0 Å². The van der Waals surface area contributed by atoms with Gasteiger partial charge in [-0.25, -0.2) is 0 Å². The normalized spacial score (nSPS) is 9.75. The van der Waals surface area contributed by atoms with Crippen molar-refractivity contribution in [3.05, 3.63) is 21.7 Å². The number of ether oxygens (including phenoxy) is 3. The fourth-order valence-corrected chi connectivity index (χ4v) is 1.53. The molecule has 1 aromatic rings. The summed E-state index contributed by atoms with van der Waals surface area (Å²) in [5.74, 6) is 0.931. The van der Waals surface area contributed by atoms with Gasteiger partial charge in [-0.05, 0) is 6.92 Å². The van der Waals surface area contributed by atoms with E-state index in [1.54, 1.807) is 6.92 Å². The van der Waals surface area contributed by atoms with Crippen LogP contribution in [0.25, 0.3) is 0 Å². The molecule has 0 N–H and O–H groups in total. The number of nitrogens with zero attached hydrogens (tertiary/aromatic N) is 1. The summed E-state index contributed by atoms with van der Waals surface area (Å²) in [4.78, 5) is 10.3. The smallest absolute Gasteiger partial charge is 0.315 e. The summed E-state index contributed by atoms with van der Waals surface area (Å²) < 4.78 is 15.1. The molecule has 0 atom stereocenters. The highest BCUT2D eigenvalue weighted by Crippen LogP contribution is 2.43. The van der Waals surface area contributed by atoms with E-state index in [9.17, 15) is 10.1 Å². The van der Waals surface area contributed by atoms with Crippen LogP contribution >= 0.6 is 0 Å². The number of nitro benzene ring substituents is 1. The maximum Gasteiger partial charge on any atom is 0.315 e. The van der Waals surface area contributed by atoms with E-state index >= 15 is 0 Å². The molecule has 0 aliphatic heterocycles. The lowest BCUT2D eigenvalue weighted by Gasteiger charge is -2.13. The summed E-state index contributed by atoms with van der Waals surface area (Å²) in [6.07, 6.45) is 0. The second-order valence-electron chi connectivity index (χ2n) is 3.05. The molecule has 0 radical (unpaired) electrons. The van der Waals surface area contributed by atoms with Crippen LogP contribution in [-0.2, 0) is 0 Å². The molecule has 1 rings (SSSR count). The van der Waals surface area contributed by atoms with Crippen LogP contribution in [0.5, 0.6) is 17.2 Å². The van der Waals surface area contributed by atoms with Crippen molar-refractivity contribution in [3.63, 3.8) is 0 Å². The third kappa shape index (κ3) is 1.86. The first-order valence-corrected chi connectivity index (χ1v) is 4.50. The maximum atomic E-state index is 10.8. The lowest BCUT2D eigenvalue weighted by atomic mass is 10.1. The lowest BCUT2D eigenvalue weighted by Crippen LogP contribution is -2.00. The molecule has 88 valence electrons. The molecule has 0 unspecified atom stereocenters. The molecule has 0 amide bonds. The van der Waals surface area contributed by atoms with Gasteiger partial charge in [0, 0.05) is 5.56 Å². The van der Waals surface area contributed by atoms with Crippen LogP contribution in [0.15, 0.2) is 6.07 Å². The van der Waals surface area contributed by atoms with Gasteiger partial charge >= 0.3 is 5.69 Å². The predicted octanol–water partition coefficient (Wildman–Crippen LogP) is 1.93. The highest BCUT2D eigenvalue weighted by atomic mass is 16.6. The van der Waals surface area contributed by atoms with E-state index in [1.165, 1.54) is 27.4 Å². The van der Waals surface area contributed by atoms with E-state index in [2.05, 4.69) is 0 Å². The molecule has 1 aromatic carbocycles. The molecule has 0 saturated carbocycles. The number of benzene rings is 1. The van der Waals surface area contributed by atoms with Gasteiger partial charge in [-0.3, -0.25) is 10.1 Å². The van der Waals surface area contributed by atoms with Gasteiger partial charge < -0.3 is 14.2 Å². The van der Waals surface area contributed by atoms with Crippen LogP contribution in [0.4, 0.5) is 5.69 Å². The molecule has 6 heteroatoms. The average Bonchev–Trinajstić information content (AvgIpc) is 2.27. The summed E-state index contributed by atoms with van der Waals surface area (Å²) in [5.41, 5.74) is 0.397. The number of hydrogen-bond acceptors (Lipinski definition) is 5. The first-order valence-electron chi connectivity index (χ1n) is 4.50. The lowest BCUT2D eigenvalue weighted by molar-refractivity contribution is -0.385. The molecule has 0 spiro atoms. The molecule has 0 bridgehead atoms. The Morgan fingerprint density at radius 3 is 2.06 bits per heavy atom. The Balaban J connectivity index is 3.54. The van der Waals surface area contributed by atoms with E-state index in [4.69, 9.17) is 14.2 Å². The number of nitro groups is 1.